The molecule has 0 aliphatic rings. The van der Waals surface area contributed by atoms with E-state index in [0.717, 1.165) is 11.1 Å². The van der Waals surface area contributed by atoms with Crippen LogP contribution >= 0.6 is 0 Å². The van der Waals surface area contributed by atoms with E-state index < -0.39 is 16.9 Å². The van der Waals surface area contributed by atoms with E-state index in [1.807, 2.05) is 31.2 Å². The number of aromatic nitrogens is 2. The lowest BCUT2D eigenvalue weighted by molar-refractivity contribution is -0.384. The summed E-state index contributed by atoms with van der Waals surface area (Å²) in [6, 6.07) is 12.6. The monoisotopic (exact) mass is 352 g/mol. The molecule has 0 spiro atoms. The van der Waals surface area contributed by atoms with Gasteiger partial charge in [0, 0.05) is 23.3 Å². The summed E-state index contributed by atoms with van der Waals surface area (Å²) in [6.45, 7) is 3.68. The van der Waals surface area contributed by atoms with E-state index >= 15 is 0 Å². The molecule has 0 aliphatic carbocycles. The SMILES string of the molecule is Cc1ccc(-c2noc(C(C)NC(=O)c3cccc([N+](=O)[O-])c3)n2)cc1. The Morgan fingerprint density at radius 3 is 2.65 bits per heavy atom. The smallest absolute Gasteiger partial charge is 0.270 e. The van der Waals surface area contributed by atoms with Crippen molar-refractivity contribution in [3.63, 3.8) is 0 Å². The summed E-state index contributed by atoms with van der Waals surface area (Å²) < 4.78 is 5.23. The molecule has 1 amide bonds. The zero-order chi connectivity index (χ0) is 18.7. The Kier molecular flexibility index (Phi) is 4.74. The highest BCUT2D eigenvalue weighted by molar-refractivity contribution is 5.95. The van der Waals surface area contributed by atoms with Crippen LogP contribution in [0.5, 0.6) is 0 Å². The maximum atomic E-state index is 12.3. The van der Waals surface area contributed by atoms with Gasteiger partial charge in [-0.05, 0) is 19.9 Å². The summed E-state index contributed by atoms with van der Waals surface area (Å²) in [4.78, 5) is 26.9. The van der Waals surface area contributed by atoms with Crippen molar-refractivity contribution >= 4 is 11.6 Å². The van der Waals surface area contributed by atoms with Crippen molar-refractivity contribution in [2.75, 3.05) is 0 Å². The minimum Gasteiger partial charge on any atom is -0.341 e. The number of aryl methyl sites for hydroxylation is 1. The Balaban J connectivity index is 1.73. The average molecular weight is 352 g/mol. The fraction of sp³-hybridized carbons (Fsp3) is 0.167. The van der Waals surface area contributed by atoms with Gasteiger partial charge in [0.15, 0.2) is 0 Å². The molecular formula is C18H16N4O4. The number of carbonyl (C=O) groups excluding carboxylic acids is 1. The number of nitro benzene ring substituents is 1. The summed E-state index contributed by atoms with van der Waals surface area (Å²) >= 11 is 0. The number of non-ortho nitro benzene ring substituents is 1. The third-order valence-corrected chi connectivity index (χ3v) is 3.79. The van der Waals surface area contributed by atoms with Crippen molar-refractivity contribution in [2.45, 2.75) is 19.9 Å². The Labute approximate surface area is 149 Å². The van der Waals surface area contributed by atoms with Crippen molar-refractivity contribution in [1.82, 2.24) is 15.5 Å². The summed E-state index contributed by atoms with van der Waals surface area (Å²) in [5.74, 6) is 0.215. The number of nitro groups is 1. The molecule has 0 saturated carbocycles. The van der Waals surface area contributed by atoms with E-state index in [1.165, 1.54) is 24.3 Å². The van der Waals surface area contributed by atoms with Gasteiger partial charge in [-0.1, -0.05) is 41.1 Å². The van der Waals surface area contributed by atoms with Crippen molar-refractivity contribution in [1.29, 1.82) is 0 Å². The minimum atomic E-state index is -0.550. The number of amides is 1. The van der Waals surface area contributed by atoms with E-state index in [0.29, 0.717) is 5.82 Å². The van der Waals surface area contributed by atoms with Crippen LogP contribution in [-0.4, -0.2) is 21.0 Å². The predicted octanol–water partition coefficient (Wildman–Crippen LogP) is 3.44. The summed E-state index contributed by atoms with van der Waals surface area (Å²) in [6.07, 6.45) is 0. The van der Waals surface area contributed by atoms with E-state index in [-0.39, 0.29) is 17.1 Å². The molecule has 1 aromatic heterocycles. The molecule has 8 nitrogen and oxygen atoms in total. The van der Waals surface area contributed by atoms with Crippen LogP contribution in [0, 0.1) is 17.0 Å². The molecule has 1 N–H and O–H groups in total. The van der Waals surface area contributed by atoms with Crippen molar-refractivity contribution in [2.24, 2.45) is 0 Å². The van der Waals surface area contributed by atoms with Crippen LogP contribution in [0.25, 0.3) is 11.4 Å². The highest BCUT2D eigenvalue weighted by Gasteiger charge is 2.19. The Hall–Kier alpha value is -3.55. The topological polar surface area (TPSA) is 111 Å². The third kappa shape index (κ3) is 3.75. The number of nitrogens with zero attached hydrogens (tertiary/aromatic N) is 3. The fourth-order valence-corrected chi connectivity index (χ4v) is 2.33. The molecule has 3 aromatic rings. The third-order valence-electron chi connectivity index (χ3n) is 3.79. The molecule has 3 rings (SSSR count). The molecule has 0 saturated heterocycles. The van der Waals surface area contributed by atoms with Crippen LogP contribution in [0.1, 0.15) is 34.8 Å². The second-order valence-electron chi connectivity index (χ2n) is 5.82. The van der Waals surface area contributed by atoms with Gasteiger partial charge in [0.2, 0.25) is 11.7 Å². The van der Waals surface area contributed by atoms with Crippen LogP contribution in [0.15, 0.2) is 53.1 Å². The van der Waals surface area contributed by atoms with Crippen LogP contribution in [0.4, 0.5) is 5.69 Å². The quantitative estimate of drug-likeness (QED) is 0.556. The first-order valence-electron chi connectivity index (χ1n) is 7.90. The molecular weight excluding hydrogens is 336 g/mol. The zero-order valence-corrected chi connectivity index (χ0v) is 14.2. The zero-order valence-electron chi connectivity index (χ0n) is 14.2. The highest BCUT2D eigenvalue weighted by atomic mass is 16.6. The maximum Gasteiger partial charge on any atom is 0.270 e. The number of carbonyl (C=O) groups is 1. The van der Waals surface area contributed by atoms with Crippen LogP contribution in [-0.2, 0) is 0 Å². The predicted molar refractivity (Wildman–Crippen MR) is 93.4 cm³/mol. The lowest BCUT2D eigenvalue weighted by Gasteiger charge is -2.09. The first kappa shape index (κ1) is 17.3. The first-order valence-corrected chi connectivity index (χ1v) is 7.90. The Morgan fingerprint density at radius 1 is 1.23 bits per heavy atom. The van der Waals surface area contributed by atoms with Gasteiger partial charge in [-0.3, -0.25) is 14.9 Å². The van der Waals surface area contributed by atoms with Gasteiger partial charge in [-0.2, -0.15) is 4.98 Å². The number of nitrogens with one attached hydrogen (secondary N) is 1. The molecule has 2 aromatic carbocycles. The van der Waals surface area contributed by atoms with Gasteiger partial charge < -0.3 is 9.84 Å². The second kappa shape index (κ2) is 7.14. The van der Waals surface area contributed by atoms with Gasteiger partial charge in [0.05, 0.1) is 4.92 Å². The number of hydrogen-bond acceptors (Lipinski definition) is 6. The molecule has 0 aliphatic heterocycles. The lowest BCUT2D eigenvalue weighted by Crippen LogP contribution is -2.26. The van der Waals surface area contributed by atoms with Crippen LogP contribution in [0.2, 0.25) is 0 Å². The fourth-order valence-electron chi connectivity index (χ4n) is 2.33. The van der Waals surface area contributed by atoms with E-state index in [4.69, 9.17) is 4.52 Å². The van der Waals surface area contributed by atoms with Crippen molar-refractivity contribution in [3.05, 3.63) is 75.7 Å². The molecule has 26 heavy (non-hydrogen) atoms. The Bertz CT molecular complexity index is 950. The average Bonchev–Trinajstić information content (AvgIpc) is 3.12. The Morgan fingerprint density at radius 2 is 1.96 bits per heavy atom. The van der Waals surface area contributed by atoms with Crippen LogP contribution < -0.4 is 5.32 Å². The number of hydrogen-bond donors (Lipinski definition) is 1. The number of rotatable bonds is 5. The molecule has 132 valence electrons. The molecule has 0 fully saturated rings. The normalized spacial score (nSPS) is 11.8. The standard InChI is InChI=1S/C18H16N4O4/c1-11-6-8-13(9-7-11)16-20-18(26-21-16)12(2)19-17(23)14-4-3-5-15(10-14)22(24)25/h3-10,12H,1-2H3,(H,19,23). The molecule has 8 heteroatoms. The van der Waals surface area contributed by atoms with Gasteiger partial charge in [0.1, 0.15) is 6.04 Å². The van der Waals surface area contributed by atoms with E-state index in [2.05, 4.69) is 15.5 Å². The second-order valence-corrected chi connectivity index (χ2v) is 5.82. The van der Waals surface area contributed by atoms with E-state index in [9.17, 15) is 14.9 Å². The summed E-state index contributed by atoms with van der Waals surface area (Å²) in [7, 11) is 0. The maximum absolute atomic E-state index is 12.3. The molecule has 0 radical (unpaired) electrons. The summed E-state index contributed by atoms with van der Waals surface area (Å²) in [5, 5.41) is 17.4. The lowest BCUT2D eigenvalue weighted by atomic mass is 10.1. The van der Waals surface area contributed by atoms with Crippen LogP contribution in [0.3, 0.4) is 0 Å². The highest BCUT2D eigenvalue weighted by Crippen LogP contribution is 2.20. The van der Waals surface area contributed by atoms with Gasteiger partial charge >= 0.3 is 0 Å². The van der Waals surface area contributed by atoms with Crippen molar-refractivity contribution in [3.8, 4) is 11.4 Å². The minimum absolute atomic E-state index is 0.148. The van der Waals surface area contributed by atoms with Crippen molar-refractivity contribution < 1.29 is 14.2 Å². The van der Waals surface area contributed by atoms with Gasteiger partial charge in [-0.15, -0.1) is 0 Å². The molecule has 1 atom stereocenters. The largest absolute Gasteiger partial charge is 0.341 e. The van der Waals surface area contributed by atoms with Gasteiger partial charge in [0.25, 0.3) is 11.6 Å². The molecule has 1 heterocycles. The van der Waals surface area contributed by atoms with Gasteiger partial charge in [-0.25, -0.2) is 0 Å². The number of benzene rings is 2. The summed E-state index contributed by atoms with van der Waals surface area (Å²) in [5.41, 5.74) is 1.96. The molecule has 1 unspecified atom stereocenters. The molecule has 0 bridgehead atoms. The van der Waals surface area contributed by atoms with E-state index in [1.54, 1.807) is 6.92 Å². The first-order chi connectivity index (χ1) is 12.4.